The van der Waals surface area contributed by atoms with E-state index in [-0.39, 0.29) is 18.3 Å². The minimum atomic E-state index is -0.832. The number of anilines is 1. The number of nitrogens with one attached hydrogen (secondary N) is 2. The van der Waals surface area contributed by atoms with E-state index in [0.29, 0.717) is 12.2 Å². The lowest BCUT2D eigenvalue weighted by Crippen LogP contribution is -2.48. The molecule has 0 saturated carbocycles. The molecule has 1 amide bonds. The number of aromatic nitrogens is 2. The van der Waals surface area contributed by atoms with Gasteiger partial charge in [0, 0.05) is 11.8 Å². The topological polar surface area (TPSA) is 83.8 Å². The van der Waals surface area contributed by atoms with Crippen LogP contribution in [0.4, 0.5) is 5.82 Å². The second-order valence-electron chi connectivity index (χ2n) is 4.06. The highest BCUT2D eigenvalue weighted by Gasteiger charge is 2.27. The van der Waals surface area contributed by atoms with Crippen molar-refractivity contribution in [2.75, 3.05) is 5.32 Å². The van der Waals surface area contributed by atoms with Crippen LogP contribution in [0, 0.1) is 6.92 Å². The van der Waals surface area contributed by atoms with Gasteiger partial charge in [0.15, 0.2) is 5.82 Å². The number of hydrogen-bond acceptors (Lipinski definition) is 3. The van der Waals surface area contributed by atoms with Crippen LogP contribution < -0.4 is 11.1 Å². The average Bonchev–Trinajstić information content (AvgIpc) is 2.51. The Morgan fingerprint density at radius 3 is 2.75 bits per heavy atom. The molecule has 0 aromatic carbocycles. The fourth-order valence-electron chi connectivity index (χ4n) is 1.37. The number of amides is 1. The van der Waals surface area contributed by atoms with Crippen LogP contribution in [-0.4, -0.2) is 21.6 Å². The molecule has 0 aliphatic heterocycles. The molecule has 1 aromatic rings. The van der Waals surface area contributed by atoms with Crippen molar-refractivity contribution in [3.8, 4) is 0 Å². The minimum Gasteiger partial charge on any atom is -0.318 e. The molecule has 0 fully saturated rings. The van der Waals surface area contributed by atoms with E-state index in [1.54, 1.807) is 13.0 Å². The first kappa shape index (κ1) is 14.9. The number of aryl methyl sites for hydroxylation is 1. The quantitative estimate of drug-likeness (QED) is 0.755. The highest BCUT2D eigenvalue weighted by atomic mass is 35.5. The number of halogens is 1. The molecule has 0 aliphatic carbocycles. The first-order valence-electron chi connectivity index (χ1n) is 5.08. The molecule has 1 rings (SSSR count). The minimum absolute atomic E-state index is 0. The molecule has 1 aromatic heterocycles. The summed E-state index contributed by atoms with van der Waals surface area (Å²) in [5, 5.41) is 9.35. The summed E-state index contributed by atoms with van der Waals surface area (Å²) in [5.41, 5.74) is 5.95. The number of carbonyl (C=O) groups excluding carboxylic acids is 1. The Balaban J connectivity index is 0.00000225. The first-order chi connectivity index (χ1) is 6.95. The van der Waals surface area contributed by atoms with Gasteiger partial charge in [0.1, 0.15) is 0 Å². The van der Waals surface area contributed by atoms with Gasteiger partial charge in [-0.05, 0) is 20.3 Å². The molecule has 1 atom stereocenters. The number of H-pyrrole nitrogens is 1. The molecule has 5 nitrogen and oxygen atoms in total. The zero-order valence-corrected chi connectivity index (χ0v) is 10.6. The smallest absolute Gasteiger partial charge is 0.245 e. The van der Waals surface area contributed by atoms with Crippen molar-refractivity contribution in [2.45, 2.75) is 39.2 Å². The molecular formula is C10H19ClN4O. The van der Waals surface area contributed by atoms with Gasteiger partial charge in [0.25, 0.3) is 0 Å². The number of nitrogens with zero attached hydrogens (tertiary/aromatic N) is 1. The van der Waals surface area contributed by atoms with Gasteiger partial charge in [-0.1, -0.05) is 13.3 Å². The summed E-state index contributed by atoms with van der Waals surface area (Å²) < 4.78 is 0. The van der Waals surface area contributed by atoms with Gasteiger partial charge >= 0.3 is 0 Å². The van der Waals surface area contributed by atoms with Crippen LogP contribution >= 0.6 is 12.4 Å². The number of nitrogens with two attached hydrogens (primary N) is 1. The molecule has 0 saturated heterocycles. The summed E-state index contributed by atoms with van der Waals surface area (Å²) in [4.78, 5) is 11.7. The third-order valence-corrected chi connectivity index (χ3v) is 2.24. The van der Waals surface area contributed by atoms with Crippen LogP contribution in [0.3, 0.4) is 0 Å². The summed E-state index contributed by atoms with van der Waals surface area (Å²) in [6, 6.07) is 1.76. The van der Waals surface area contributed by atoms with E-state index in [1.165, 1.54) is 0 Å². The van der Waals surface area contributed by atoms with E-state index in [0.717, 1.165) is 12.1 Å². The van der Waals surface area contributed by atoms with Gasteiger partial charge in [0.2, 0.25) is 5.91 Å². The summed E-state index contributed by atoms with van der Waals surface area (Å²) >= 11 is 0. The van der Waals surface area contributed by atoms with Crippen molar-refractivity contribution in [2.24, 2.45) is 5.73 Å². The normalized spacial score (nSPS) is 13.8. The van der Waals surface area contributed by atoms with Crippen molar-refractivity contribution in [3.63, 3.8) is 0 Å². The third kappa shape index (κ3) is 3.83. The Hall–Kier alpha value is -1.07. The van der Waals surface area contributed by atoms with Gasteiger partial charge in [0.05, 0.1) is 5.54 Å². The Labute approximate surface area is 102 Å². The predicted molar refractivity (Wildman–Crippen MR) is 66.7 cm³/mol. The predicted octanol–water partition coefficient (Wildman–Crippen LogP) is 1.60. The summed E-state index contributed by atoms with van der Waals surface area (Å²) in [6.07, 6.45) is 1.53. The van der Waals surface area contributed by atoms with Gasteiger partial charge < -0.3 is 11.1 Å². The average molecular weight is 247 g/mol. The van der Waals surface area contributed by atoms with Crippen LogP contribution in [0.1, 0.15) is 32.4 Å². The summed E-state index contributed by atoms with van der Waals surface area (Å²) in [5.74, 6) is 0.320. The second kappa shape index (κ2) is 5.86. The van der Waals surface area contributed by atoms with Gasteiger partial charge in [-0.3, -0.25) is 9.89 Å². The van der Waals surface area contributed by atoms with Crippen molar-refractivity contribution in [1.82, 2.24) is 10.2 Å². The van der Waals surface area contributed by atoms with E-state index < -0.39 is 5.54 Å². The van der Waals surface area contributed by atoms with Crippen LogP contribution in [-0.2, 0) is 4.79 Å². The molecule has 92 valence electrons. The third-order valence-electron chi connectivity index (χ3n) is 2.24. The van der Waals surface area contributed by atoms with Crippen LogP contribution in [0.25, 0.3) is 0 Å². The molecule has 1 unspecified atom stereocenters. The number of aromatic amines is 1. The Bertz CT molecular complexity index is 348. The van der Waals surface area contributed by atoms with Crippen LogP contribution in [0.2, 0.25) is 0 Å². The number of carbonyl (C=O) groups is 1. The van der Waals surface area contributed by atoms with Crippen molar-refractivity contribution >= 4 is 24.1 Å². The highest BCUT2D eigenvalue weighted by Crippen LogP contribution is 2.12. The number of rotatable bonds is 4. The summed E-state index contributed by atoms with van der Waals surface area (Å²) in [6.45, 7) is 5.60. The van der Waals surface area contributed by atoms with Crippen LogP contribution in [0.5, 0.6) is 0 Å². The molecule has 1 heterocycles. The second-order valence-corrected chi connectivity index (χ2v) is 4.06. The molecule has 0 aliphatic rings. The molecular weight excluding hydrogens is 228 g/mol. The largest absolute Gasteiger partial charge is 0.318 e. The summed E-state index contributed by atoms with van der Waals surface area (Å²) in [7, 11) is 0. The maximum absolute atomic E-state index is 11.7. The molecule has 16 heavy (non-hydrogen) atoms. The molecule has 6 heteroatoms. The van der Waals surface area contributed by atoms with Crippen LogP contribution in [0.15, 0.2) is 6.07 Å². The zero-order valence-electron chi connectivity index (χ0n) is 9.83. The SMILES string of the molecule is CCCC(C)(N)C(=O)Nc1cc(C)[nH]n1.Cl. The zero-order chi connectivity index (χ0) is 11.5. The fraction of sp³-hybridized carbons (Fsp3) is 0.600. The van der Waals surface area contributed by atoms with Crippen molar-refractivity contribution in [3.05, 3.63) is 11.8 Å². The Morgan fingerprint density at radius 2 is 2.31 bits per heavy atom. The first-order valence-corrected chi connectivity index (χ1v) is 5.08. The maximum Gasteiger partial charge on any atom is 0.245 e. The fourth-order valence-corrected chi connectivity index (χ4v) is 1.37. The Morgan fingerprint density at radius 1 is 1.69 bits per heavy atom. The Kier molecular flexibility index (Phi) is 5.47. The van der Waals surface area contributed by atoms with Gasteiger partial charge in [-0.25, -0.2) is 0 Å². The molecule has 4 N–H and O–H groups in total. The van der Waals surface area contributed by atoms with Gasteiger partial charge in [-0.15, -0.1) is 12.4 Å². The standard InChI is InChI=1S/C10H18N4O.ClH/c1-4-5-10(3,11)9(15)12-8-6-7(2)13-14-8;/h6H,4-5,11H2,1-3H3,(H2,12,13,14,15);1H. The molecule has 0 bridgehead atoms. The lowest BCUT2D eigenvalue weighted by molar-refractivity contribution is -0.120. The van der Waals surface area contributed by atoms with Gasteiger partial charge in [-0.2, -0.15) is 5.10 Å². The van der Waals surface area contributed by atoms with Crippen molar-refractivity contribution in [1.29, 1.82) is 0 Å². The number of hydrogen-bond donors (Lipinski definition) is 3. The maximum atomic E-state index is 11.7. The monoisotopic (exact) mass is 246 g/mol. The lowest BCUT2D eigenvalue weighted by Gasteiger charge is -2.21. The molecule has 0 radical (unpaired) electrons. The highest BCUT2D eigenvalue weighted by molar-refractivity contribution is 5.96. The van der Waals surface area contributed by atoms with E-state index in [4.69, 9.17) is 5.73 Å². The molecule has 0 spiro atoms. The van der Waals surface area contributed by atoms with E-state index in [9.17, 15) is 4.79 Å². The van der Waals surface area contributed by atoms with E-state index in [2.05, 4.69) is 15.5 Å². The lowest BCUT2D eigenvalue weighted by atomic mass is 9.97. The van der Waals surface area contributed by atoms with E-state index in [1.807, 2.05) is 13.8 Å². The van der Waals surface area contributed by atoms with E-state index >= 15 is 0 Å². The van der Waals surface area contributed by atoms with Crippen molar-refractivity contribution < 1.29 is 4.79 Å².